The van der Waals surface area contributed by atoms with Gasteiger partial charge in [0.1, 0.15) is 0 Å². The number of nitrogens with zero attached hydrogens (tertiary/aromatic N) is 2. The average molecular weight is 387 g/mol. The third-order valence-corrected chi connectivity index (χ3v) is 8.27. The quantitative estimate of drug-likeness (QED) is 0.809. The molecular weight excluding hydrogens is 364 g/mol. The molecule has 2 atom stereocenters. The minimum Gasteiger partial charge on any atom is -0.317 e. The second-order valence-corrected chi connectivity index (χ2v) is 10.4. The van der Waals surface area contributed by atoms with Crippen LogP contribution in [-0.4, -0.2) is 36.4 Å². The molecule has 0 amide bonds. The largest absolute Gasteiger partial charge is 0.317 e. The summed E-state index contributed by atoms with van der Waals surface area (Å²) in [5.41, 5.74) is 4.81. The minimum atomic E-state index is -2.94. The van der Waals surface area contributed by atoms with Crippen molar-refractivity contribution in [3.63, 3.8) is 0 Å². The van der Waals surface area contributed by atoms with Gasteiger partial charge in [0, 0.05) is 10.9 Å². The van der Waals surface area contributed by atoms with Gasteiger partial charge in [-0.1, -0.05) is 48.2 Å². The highest BCUT2D eigenvalue weighted by Gasteiger charge is 2.44. The molecule has 2 aromatic rings. The molecule has 26 heavy (non-hydrogen) atoms. The zero-order valence-corrected chi connectivity index (χ0v) is 16.6. The molecule has 2 aliphatic rings. The molecule has 2 aromatic carbocycles. The van der Waals surface area contributed by atoms with Gasteiger partial charge < -0.3 is 4.90 Å². The predicted molar refractivity (Wildman–Crippen MR) is 110 cm³/mol. The molecule has 0 aromatic heterocycles. The number of sulfone groups is 1. The first kappa shape index (κ1) is 17.6. The Morgan fingerprint density at radius 3 is 2.54 bits per heavy atom. The lowest BCUT2D eigenvalue weighted by Gasteiger charge is -2.25. The molecule has 1 saturated heterocycles. The van der Waals surface area contributed by atoms with E-state index in [4.69, 9.17) is 4.99 Å². The van der Waals surface area contributed by atoms with Gasteiger partial charge in [-0.15, -0.1) is 0 Å². The number of thioether (sulfide) groups is 1. The van der Waals surface area contributed by atoms with Gasteiger partial charge in [-0.05, 0) is 42.7 Å². The molecule has 2 aliphatic heterocycles. The monoisotopic (exact) mass is 386 g/mol. The van der Waals surface area contributed by atoms with E-state index >= 15 is 0 Å². The molecule has 0 spiro atoms. The van der Waals surface area contributed by atoms with Crippen LogP contribution in [0.3, 0.4) is 0 Å². The van der Waals surface area contributed by atoms with Crippen molar-refractivity contribution in [2.24, 2.45) is 4.99 Å². The van der Waals surface area contributed by atoms with Crippen LogP contribution in [-0.2, 0) is 16.4 Å². The van der Waals surface area contributed by atoms with E-state index in [1.807, 2.05) is 18.2 Å². The van der Waals surface area contributed by atoms with E-state index in [1.54, 1.807) is 11.8 Å². The van der Waals surface area contributed by atoms with Crippen LogP contribution in [0.25, 0.3) is 0 Å². The van der Waals surface area contributed by atoms with Crippen LogP contribution in [0.5, 0.6) is 0 Å². The van der Waals surface area contributed by atoms with Crippen LogP contribution < -0.4 is 4.90 Å². The molecule has 1 fully saturated rings. The molecular formula is C20H22N2O2S2. The molecule has 2 unspecified atom stereocenters. The molecule has 0 N–H and O–H groups in total. The molecule has 4 nitrogen and oxygen atoms in total. The second-order valence-electron chi connectivity index (χ2n) is 7.05. The Morgan fingerprint density at radius 2 is 1.85 bits per heavy atom. The highest BCUT2D eigenvalue weighted by molar-refractivity contribution is 8.15. The Labute approximate surface area is 159 Å². The van der Waals surface area contributed by atoms with Gasteiger partial charge in [-0.2, -0.15) is 0 Å². The lowest BCUT2D eigenvalue weighted by Crippen LogP contribution is -2.28. The fraction of sp³-hybridized carbons (Fsp3) is 0.350. The summed E-state index contributed by atoms with van der Waals surface area (Å²) in [5, 5.41) is 0.988. The maximum atomic E-state index is 11.9. The highest BCUT2D eigenvalue weighted by Crippen LogP contribution is 2.37. The maximum Gasteiger partial charge on any atom is 0.164 e. The summed E-state index contributed by atoms with van der Waals surface area (Å²) >= 11 is 1.61. The van der Waals surface area contributed by atoms with Crippen LogP contribution in [0.4, 0.5) is 5.69 Å². The predicted octanol–water partition coefficient (Wildman–Crippen LogP) is 3.58. The molecule has 2 heterocycles. The Hall–Kier alpha value is -1.79. The Morgan fingerprint density at radius 1 is 1.08 bits per heavy atom. The van der Waals surface area contributed by atoms with E-state index in [-0.39, 0.29) is 22.8 Å². The zero-order chi connectivity index (χ0) is 18.3. The Kier molecular flexibility index (Phi) is 4.57. The molecule has 4 rings (SSSR count). The molecule has 6 heteroatoms. The number of rotatable bonds is 3. The summed E-state index contributed by atoms with van der Waals surface area (Å²) in [7, 11) is -2.94. The van der Waals surface area contributed by atoms with Gasteiger partial charge in [0.25, 0.3) is 0 Å². The lowest BCUT2D eigenvalue weighted by molar-refractivity contribution is 0.601. The number of aryl methyl sites for hydroxylation is 2. The molecule has 0 radical (unpaired) electrons. The number of aliphatic imine (C=N–C) groups is 1. The molecule has 136 valence electrons. The number of benzene rings is 2. The molecule has 0 saturated carbocycles. The SMILES string of the molecule is Cc1ccc(N(Cc2ccccc2)C2=NC3CS(=O)(=O)CC3S2)cc1C. The first-order chi connectivity index (χ1) is 12.4. The minimum absolute atomic E-state index is 0.0554. The fourth-order valence-electron chi connectivity index (χ4n) is 3.40. The summed E-state index contributed by atoms with van der Waals surface area (Å²) < 4.78 is 23.7. The Bertz CT molecular complexity index is 955. The van der Waals surface area contributed by atoms with Crippen LogP contribution in [0.2, 0.25) is 0 Å². The fourth-order valence-corrected chi connectivity index (χ4v) is 7.18. The number of hydrogen-bond acceptors (Lipinski definition) is 5. The Balaban J connectivity index is 1.68. The number of amidine groups is 1. The third-order valence-electron chi connectivity index (χ3n) is 5.02. The van der Waals surface area contributed by atoms with Crippen LogP contribution in [0, 0.1) is 13.8 Å². The van der Waals surface area contributed by atoms with Gasteiger partial charge in [-0.25, -0.2) is 8.42 Å². The number of anilines is 1. The summed E-state index contributed by atoms with van der Waals surface area (Å²) in [6.45, 7) is 4.95. The summed E-state index contributed by atoms with van der Waals surface area (Å²) in [6.07, 6.45) is 0. The van der Waals surface area contributed by atoms with Crippen molar-refractivity contribution in [2.75, 3.05) is 16.4 Å². The van der Waals surface area contributed by atoms with E-state index in [0.29, 0.717) is 0 Å². The maximum absolute atomic E-state index is 11.9. The van der Waals surface area contributed by atoms with Crippen molar-refractivity contribution in [1.29, 1.82) is 0 Å². The molecule has 0 bridgehead atoms. The summed E-state index contributed by atoms with van der Waals surface area (Å²) in [6, 6.07) is 16.7. The van der Waals surface area contributed by atoms with Crippen LogP contribution >= 0.6 is 11.8 Å². The first-order valence-electron chi connectivity index (χ1n) is 8.75. The van der Waals surface area contributed by atoms with E-state index in [1.165, 1.54) is 16.7 Å². The van der Waals surface area contributed by atoms with E-state index in [9.17, 15) is 8.42 Å². The van der Waals surface area contributed by atoms with E-state index in [0.717, 1.165) is 17.4 Å². The van der Waals surface area contributed by atoms with Crippen molar-refractivity contribution < 1.29 is 8.42 Å². The van der Waals surface area contributed by atoms with Gasteiger partial charge in [0.05, 0.1) is 24.1 Å². The average Bonchev–Trinajstić information content (AvgIpc) is 3.09. The standard InChI is InChI=1S/C20H22N2O2S2/c1-14-8-9-17(10-15(14)2)22(11-16-6-4-3-5-7-16)20-21-18-12-26(23,24)13-19(18)25-20/h3-10,18-19H,11-13H2,1-2H3. The van der Waals surface area contributed by atoms with E-state index in [2.05, 4.69) is 49.1 Å². The summed E-state index contributed by atoms with van der Waals surface area (Å²) in [5.74, 6) is 0.418. The molecule has 0 aliphatic carbocycles. The zero-order valence-electron chi connectivity index (χ0n) is 14.9. The van der Waals surface area contributed by atoms with Crippen LogP contribution in [0.1, 0.15) is 16.7 Å². The first-order valence-corrected chi connectivity index (χ1v) is 11.4. The third kappa shape index (κ3) is 3.53. The number of hydrogen-bond donors (Lipinski definition) is 0. The van der Waals surface area contributed by atoms with Crippen LogP contribution in [0.15, 0.2) is 53.5 Å². The number of fused-ring (bicyclic) bond motifs is 1. The van der Waals surface area contributed by atoms with Crippen molar-refractivity contribution >= 4 is 32.5 Å². The van der Waals surface area contributed by atoms with Crippen molar-refractivity contribution in [3.05, 3.63) is 65.2 Å². The summed E-state index contributed by atoms with van der Waals surface area (Å²) in [4.78, 5) is 7.02. The lowest BCUT2D eigenvalue weighted by atomic mass is 10.1. The van der Waals surface area contributed by atoms with Gasteiger partial charge >= 0.3 is 0 Å². The van der Waals surface area contributed by atoms with E-state index < -0.39 is 9.84 Å². The second kappa shape index (κ2) is 6.74. The topological polar surface area (TPSA) is 49.7 Å². The van der Waals surface area contributed by atoms with Crippen molar-refractivity contribution in [3.8, 4) is 0 Å². The van der Waals surface area contributed by atoms with Gasteiger partial charge in [-0.3, -0.25) is 4.99 Å². The van der Waals surface area contributed by atoms with Crippen molar-refractivity contribution in [1.82, 2.24) is 0 Å². The normalized spacial score (nSPS) is 23.5. The highest BCUT2D eigenvalue weighted by atomic mass is 32.2. The van der Waals surface area contributed by atoms with Gasteiger partial charge in [0.15, 0.2) is 15.0 Å². The smallest absolute Gasteiger partial charge is 0.164 e. The van der Waals surface area contributed by atoms with Crippen molar-refractivity contribution in [2.45, 2.75) is 31.7 Å². The van der Waals surface area contributed by atoms with Gasteiger partial charge in [0.2, 0.25) is 0 Å².